The molecule has 0 amide bonds. The Bertz CT molecular complexity index is 305. The summed E-state index contributed by atoms with van der Waals surface area (Å²) in [5.41, 5.74) is 1.11. The van der Waals surface area contributed by atoms with E-state index in [1.165, 1.54) is 0 Å². The number of rotatable bonds is 6. The minimum atomic E-state index is 0.197. The molecule has 1 aromatic rings. The van der Waals surface area contributed by atoms with Crippen LogP contribution in [0.5, 0.6) is 5.75 Å². The molecule has 0 aliphatic heterocycles. The smallest absolute Gasteiger partial charge is 0.119 e. The Balaban J connectivity index is 2.57. The monoisotopic (exact) mass is 206 g/mol. The molecular formula is C13H18O2. The van der Waals surface area contributed by atoms with Gasteiger partial charge >= 0.3 is 0 Å². The average Bonchev–Trinajstić information content (AvgIpc) is 2.27. The van der Waals surface area contributed by atoms with Gasteiger partial charge in [0.25, 0.3) is 0 Å². The first-order valence-electron chi connectivity index (χ1n) is 5.37. The first kappa shape index (κ1) is 11.8. The quantitative estimate of drug-likeness (QED) is 0.775. The molecule has 1 rings (SSSR count). The van der Waals surface area contributed by atoms with E-state index < -0.39 is 0 Å². The van der Waals surface area contributed by atoms with Crippen molar-refractivity contribution in [3.8, 4) is 5.75 Å². The molecule has 0 saturated carbocycles. The van der Waals surface area contributed by atoms with Crippen molar-refractivity contribution < 1.29 is 9.84 Å². The van der Waals surface area contributed by atoms with E-state index in [4.69, 9.17) is 9.84 Å². The highest BCUT2D eigenvalue weighted by atomic mass is 16.5. The second-order valence-electron chi connectivity index (χ2n) is 3.34. The molecular weight excluding hydrogens is 188 g/mol. The Morgan fingerprint density at radius 1 is 1.40 bits per heavy atom. The lowest BCUT2D eigenvalue weighted by Gasteiger charge is -2.04. The van der Waals surface area contributed by atoms with E-state index in [-0.39, 0.29) is 6.61 Å². The summed E-state index contributed by atoms with van der Waals surface area (Å²) in [6, 6.07) is 7.96. The first-order chi connectivity index (χ1) is 7.36. The maximum absolute atomic E-state index is 8.64. The molecule has 0 aromatic heterocycles. The Hall–Kier alpha value is -1.28. The third-order valence-electron chi connectivity index (χ3n) is 1.94. The van der Waals surface area contributed by atoms with Crippen LogP contribution in [0.1, 0.15) is 25.3 Å². The van der Waals surface area contributed by atoms with Crippen molar-refractivity contribution in [3.63, 3.8) is 0 Å². The number of ether oxygens (including phenoxy) is 1. The molecule has 0 aliphatic carbocycles. The van der Waals surface area contributed by atoms with Crippen molar-refractivity contribution in [1.29, 1.82) is 0 Å². The summed E-state index contributed by atoms with van der Waals surface area (Å²) < 4.78 is 5.52. The summed E-state index contributed by atoms with van der Waals surface area (Å²) in [7, 11) is 0. The molecule has 2 heteroatoms. The maximum atomic E-state index is 8.64. The van der Waals surface area contributed by atoms with Gasteiger partial charge in [0.1, 0.15) is 5.75 Å². The Kier molecular flexibility index (Phi) is 5.56. The van der Waals surface area contributed by atoms with Crippen molar-refractivity contribution in [3.05, 3.63) is 35.9 Å². The van der Waals surface area contributed by atoms with Gasteiger partial charge in [-0.3, -0.25) is 0 Å². The standard InChI is InChI=1S/C13H18O2/c1-2-10-15-13-8-5-7-12(11-13)6-3-4-9-14/h3,5-8,11,14H,2,4,9-10H2,1H3. The van der Waals surface area contributed by atoms with E-state index in [1.807, 2.05) is 36.4 Å². The molecule has 0 radical (unpaired) electrons. The van der Waals surface area contributed by atoms with Crippen LogP contribution in [0, 0.1) is 0 Å². The molecule has 82 valence electrons. The fourth-order valence-corrected chi connectivity index (χ4v) is 1.22. The molecule has 0 aliphatic rings. The van der Waals surface area contributed by atoms with Gasteiger partial charge in [0.15, 0.2) is 0 Å². The summed E-state index contributed by atoms with van der Waals surface area (Å²) in [6.45, 7) is 3.04. The lowest BCUT2D eigenvalue weighted by molar-refractivity contribution is 0.303. The van der Waals surface area contributed by atoms with E-state index >= 15 is 0 Å². The normalized spacial score (nSPS) is 10.8. The van der Waals surface area contributed by atoms with Gasteiger partial charge in [-0.15, -0.1) is 0 Å². The highest BCUT2D eigenvalue weighted by Crippen LogP contribution is 2.14. The zero-order valence-corrected chi connectivity index (χ0v) is 9.15. The molecule has 0 atom stereocenters. The minimum Gasteiger partial charge on any atom is -0.494 e. The third-order valence-corrected chi connectivity index (χ3v) is 1.94. The SMILES string of the molecule is CCCOc1cccc(C=CCCO)c1. The molecule has 0 fully saturated rings. The molecule has 15 heavy (non-hydrogen) atoms. The highest BCUT2D eigenvalue weighted by molar-refractivity contribution is 5.51. The number of benzene rings is 1. The molecule has 0 heterocycles. The number of aliphatic hydroxyl groups excluding tert-OH is 1. The average molecular weight is 206 g/mol. The van der Waals surface area contributed by atoms with Crippen LogP contribution in [0.15, 0.2) is 30.3 Å². The summed E-state index contributed by atoms with van der Waals surface area (Å²) in [5.74, 6) is 0.906. The molecule has 1 N–H and O–H groups in total. The van der Waals surface area contributed by atoms with Crippen LogP contribution in [0.2, 0.25) is 0 Å². The predicted octanol–water partition coefficient (Wildman–Crippen LogP) is 2.87. The predicted molar refractivity (Wildman–Crippen MR) is 63.0 cm³/mol. The third kappa shape index (κ3) is 4.66. The number of hydrogen-bond acceptors (Lipinski definition) is 2. The Labute approximate surface area is 91.2 Å². The fraction of sp³-hybridized carbons (Fsp3) is 0.385. The minimum absolute atomic E-state index is 0.197. The second-order valence-corrected chi connectivity index (χ2v) is 3.34. The van der Waals surface area contributed by atoms with Crippen LogP contribution in [0.3, 0.4) is 0 Å². The topological polar surface area (TPSA) is 29.5 Å². The van der Waals surface area contributed by atoms with Gasteiger partial charge < -0.3 is 9.84 Å². The van der Waals surface area contributed by atoms with Gasteiger partial charge in [0, 0.05) is 6.61 Å². The maximum Gasteiger partial charge on any atom is 0.119 e. The van der Waals surface area contributed by atoms with Crippen LogP contribution in [0.25, 0.3) is 6.08 Å². The zero-order chi connectivity index (χ0) is 10.9. The number of hydrogen-bond donors (Lipinski definition) is 1. The van der Waals surface area contributed by atoms with Crippen LogP contribution in [-0.4, -0.2) is 18.3 Å². The summed E-state index contributed by atoms with van der Waals surface area (Å²) in [6.07, 6.45) is 5.67. The zero-order valence-electron chi connectivity index (χ0n) is 9.15. The van der Waals surface area contributed by atoms with Crippen LogP contribution in [-0.2, 0) is 0 Å². The van der Waals surface area contributed by atoms with Crippen molar-refractivity contribution in [2.24, 2.45) is 0 Å². The largest absolute Gasteiger partial charge is 0.494 e. The van der Waals surface area contributed by atoms with Crippen LogP contribution in [0.4, 0.5) is 0 Å². The lowest BCUT2D eigenvalue weighted by Crippen LogP contribution is -1.94. The molecule has 0 unspecified atom stereocenters. The lowest BCUT2D eigenvalue weighted by atomic mass is 10.2. The van der Waals surface area contributed by atoms with Crippen LogP contribution < -0.4 is 4.74 Å². The van der Waals surface area contributed by atoms with Crippen molar-refractivity contribution in [2.45, 2.75) is 19.8 Å². The fourth-order valence-electron chi connectivity index (χ4n) is 1.22. The highest BCUT2D eigenvalue weighted by Gasteiger charge is 1.93. The van der Waals surface area contributed by atoms with Gasteiger partial charge in [-0.1, -0.05) is 31.2 Å². The van der Waals surface area contributed by atoms with E-state index in [0.717, 1.165) is 24.3 Å². The second kappa shape index (κ2) is 7.07. The summed E-state index contributed by atoms with van der Waals surface area (Å²) in [5, 5.41) is 8.64. The van der Waals surface area contributed by atoms with Crippen molar-refractivity contribution >= 4 is 6.08 Å². The van der Waals surface area contributed by atoms with E-state index in [0.29, 0.717) is 6.42 Å². The van der Waals surface area contributed by atoms with Gasteiger partial charge in [-0.2, -0.15) is 0 Å². The van der Waals surface area contributed by atoms with E-state index in [1.54, 1.807) is 0 Å². The molecule has 1 aromatic carbocycles. The van der Waals surface area contributed by atoms with Crippen molar-refractivity contribution in [1.82, 2.24) is 0 Å². The summed E-state index contributed by atoms with van der Waals surface area (Å²) >= 11 is 0. The molecule has 0 bridgehead atoms. The number of aliphatic hydroxyl groups is 1. The van der Waals surface area contributed by atoms with E-state index in [2.05, 4.69) is 6.92 Å². The van der Waals surface area contributed by atoms with Gasteiger partial charge in [-0.05, 0) is 30.5 Å². The van der Waals surface area contributed by atoms with E-state index in [9.17, 15) is 0 Å². The molecule has 2 nitrogen and oxygen atoms in total. The Morgan fingerprint density at radius 2 is 2.27 bits per heavy atom. The van der Waals surface area contributed by atoms with Crippen molar-refractivity contribution in [2.75, 3.05) is 13.2 Å². The first-order valence-corrected chi connectivity index (χ1v) is 5.37. The Morgan fingerprint density at radius 3 is 3.00 bits per heavy atom. The molecule has 0 spiro atoms. The van der Waals surface area contributed by atoms with Gasteiger partial charge in [0.2, 0.25) is 0 Å². The van der Waals surface area contributed by atoms with Crippen LogP contribution >= 0.6 is 0 Å². The summed E-state index contributed by atoms with van der Waals surface area (Å²) in [4.78, 5) is 0. The molecule has 0 saturated heterocycles. The van der Waals surface area contributed by atoms with Gasteiger partial charge in [-0.25, -0.2) is 0 Å². The van der Waals surface area contributed by atoms with Gasteiger partial charge in [0.05, 0.1) is 6.61 Å².